The molecule has 0 radical (unpaired) electrons. The van der Waals surface area contributed by atoms with Crippen molar-refractivity contribution in [3.05, 3.63) is 57.5 Å². The maximum Gasteiger partial charge on any atom is 0.264 e. The second-order valence-corrected chi connectivity index (χ2v) is 4.90. The molecule has 3 aromatic rings. The molecule has 3 N–H and O–H groups in total. The summed E-state index contributed by atoms with van der Waals surface area (Å²) in [4.78, 5) is 18.7. The third kappa shape index (κ3) is 2.41. The fraction of sp³-hybridized carbons (Fsp3) is 0. The number of anilines is 2. The van der Waals surface area contributed by atoms with Gasteiger partial charge in [0.15, 0.2) is 0 Å². The first-order valence-electron chi connectivity index (χ1n) is 5.92. The average molecular weight is 285 g/mol. The van der Waals surface area contributed by atoms with Crippen LogP contribution in [0.5, 0.6) is 5.88 Å². The van der Waals surface area contributed by atoms with E-state index in [1.165, 1.54) is 11.3 Å². The third-order valence-corrected chi connectivity index (χ3v) is 3.43. The summed E-state index contributed by atoms with van der Waals surface area (Å²) in [6.07, 6.45) is 0. The lowest BCUT2D eigenvalue weighted by Crippen LogP contribution is -2.13. The maximum atomic E-state index is 12.1. The molecule has 0 atom stereocenters. The first kappa shape index (κ1) is 12.4. The van der Waals surface area contributed by atoms with Gasteiger partial charge in [-0.3, -0.25) is 9.78 Å². The summed E-state index contributed by atoms with van der Waals surface area (Å²) in [7, 11) is 0. The van der Waals surface area contributed by atoms with Crippen molar-refractivity contribution in [2.75, 3.05) is 5.32 Å². The minimum atomic E-state index is -0.380. The third-order valence-electron chi connectivity index (χ3n) is 2.75. The van der Waals surface area contributed by atoms with Crippen molar-refractivity contribution in [3.63, 3.8) is 0 Å². The first-order chi connectivity index (χ1) is 9.74. The number of benzene rings is 1. The first-order valence-corrected chi connectivity index (χ1v) is 6.86. The minimum Gasteiger partial charge on any atom is -0.493 e. The largest absolute Gasteiger partial charge is 0.493 e. The quantitative estimate of drug-likeness (QED) is 0.691. The Morgan fingerprint density at radius 1 is 1.20 bits per heavy atom. The molecule has 6 heteroatoms. The highest BCUT2D eigenvalue weighted by atomic mass is 32.1. The van der Waals surface area contributed by atoms with Gasteiger partial charge in [0, 0.05) is 11.3 Å². The molecule has 2 heterocycles. The van der Waals surface area contributed by atoms with Gasteiger partial charge < -0.3 is 10.4 Å². The molecular formula is C14H11N3O2S. The number of hydrogen-bond donors (Lipinski definition) is 3. The molecule has 0 saturated heterocycles. The van der Waals surface area contributed by atoms with E-state index < -0.39 is 0 Å². The van der Waals surface area contributed by atoms with E-state index in [1.54, 1.807) is 11.4 Å². The van der Waals surface area contributed by atoms with Crippen LogP contribution < -0.4 is 10.9 Å². The molecule has 0 saturated carbocycles. The van der Waals surface area contributed by atoms with E-state index in [9.17, 15) is 9.90 Å². The molecule has 3 rings (SSSR count). The molecule has 0 fully saturated rings. The Morgan fingerprint density at radius 3 is 2.65 bits per heavy atom. The number of aromatic hydroxyl groups is 1. The van der Waals surface area contributed by atoms with Crippen molar-refractivity contribution in [2.24, 2.45) is 0 Å². The van der Waals surface area contributed by atoms with E-state index in [1.807, 2.05) is 35.7 Å². The van der Waals surface area contributed by atoms with Crippen LogP contribution >= 0.6 is 11.3 Å². The van der Waals surface area contributed by atoms with Gasteiger partial charge in [-0.25, -0.2) is 0 Å². The summed E-state index contributed by atoms with van der Waals surface area (Å²) in [5.41, 5.74) is 1.24. The number of H-pyrrole nitrogens is 1. The fourth-order valence-electron chi connectivity index (χ4n) is 1.85. The van der Waals surface area contributed by atoms with Gasteiger partial charge in [0.25, 0.3) is 5.56 Å². The van der Waals surface area contributed by atoms with Gasteiger partial charge in [0.05, 0.1) is 0 Å². The van der Waals surface area contributed by atoms with Crippen molar-refractivity contribution < 1.29 is 5.11 Å². The molecule has 1 aromatic carbocycles. The summed E-state index contributed by atoms with van der Waals surface area (Å²) in [6, 6.07) is 11.0. The van der Waals surface area contributed by atoms with Gasteiger partial charge in [0.1, 0.15) is 5.56 Å². The second-order valence-electron chi connectivity index (χ2n) is 4.12. The molecule has 0 aliphatic carbocycles. The zero-order chi connectivity index (χ0) is 13.9. The van der Waals surface area contributed by atoms with Crippen LogP contribution in [0.15, 0.2) is 52.0 Å². The normalized spacial score (nSPS) is 10.4. The SMILES string of the molecule is O=c1[nH]c(Nc2ccccc2)nc(O)c1-c1ccsc1. The molecule has 0 amide bonds. The van der Waals surface area contributed by atoms with Crippen LogP contribution in [-0.4, -0.2) is 15.1 Å². The number of aromatic amines is 1. The number of aromatic nitrogens is 2. The van der Waals surface area contributed by atoms with Crippen LogP contribution in [0.2, 0.25) is 0 Å². The van der Waals surface area contributed by atoms with E-state index in [4.69, 9.17) is 0 Å². The van der Waals surface area contributed by atoms with E-state index in [0.717, 1.165) is 5.69 Å². The van der Waals surface area contributed by atoms with Gasteiger partial charge in [-0.1, -0.05) is 18.2 Å². The second kappa shape index (κ2) is 5.18. The van der Waals surface area contributed by atoms with Crippen LogP contribution in [0, 0.1) is 0 Å². The van der Waals surface area contributed by atoms with Crippen molar-refractivity contribution in [2.45, 2.75) is 0 Å². The molecule has 0 spiro atoms. The molecule has 5 nitrogen and oxygen atoms in total. The molecule has 2 aromatic heterocycles. The van der Waals surface area contributed by atoms with Crippen molar-refractivity contribution >= 4 is 23.0 Å². The van der Waals surface area contributed by atoms with E-state index in [-0.39, 0.29) is 23.0 Å². The molecule has 0 unspecified atom stereocenters. The standard InChI is InChI=1S/C14H11N3O2S/c18-12-11(9-6-7-20-8-9)13(19)17-14(16-12)15-10-4-2-1-3-5-10/h1-8H,(H3,15,16,17,18,19). The monoisotopic (exact) mass is 285 g/mol. The van der Waals surface area contributed by atoms with Gasteiger partial charge in [-0.15, -0.1) is 0 Å². The highest BCUT2D eigenvalue weighted by Crippen LogP contribution is 2.26. The summed E-state index contributed by atoms with van der Waals surface area (Å²) < 4.78 is 0. The molecule has 100 valence electrons. The van der Waals surface area contributed by atoms with E-state index >= 15 is 0 Å². The van der Waals surface area contributed by atoms with E-state index in [0.29, 0.717) is 5.56 Å². The zero-order valence-corrected chi connectivity index (χ0v) is 11.1. The molecule has 0 bridgehead atoms. The lowest BCUT2D eigenvalue weighted by atomic mass is 10.2. The predicted molar refractivity (Wildman–Crippen MR) is 79.6 cm³/mol. The average Bonchev–Trinajstić information content (AvgIpc) is 2.93. The number of rotatable bonds is 3. The van der Waals surface area contributed by atoms with Crippen LogP contribution in [0.1, 0.15) is 0 Å². The Labute approximate surface area is 118 Å². The lowest BCUT2D eigenvalue weighted by molar-refractivity contribution is 0.454. The van der Waals surface area contributed by atoms with Crippen LogP contribution in [0.25, 0.3) is 11.1 Å². The summed E-state index contributed by atoms with van der Waals surface area (Å²) in [5, 5.41) is 16.5. The molecule has 20 heavy (non-hydrogen) atoms. The Morgan fingerprint density at radius 2 is 2.00 bits per heavy atom. The highest BCUT2D eigenvalue weighted by Gasteiger charge is 2.13. The van der Waals surface area contributed by atoms with Gasteiger partial charge in [0.2, 0.25) is 11.8 Å². The lowest BCUT2D eigenvalue weighted by Gasteiger charge is -2.07. The van der Waals surface area contributed by atoms with Gasteiger partial charge in [-0.2, -0.15) is 16.3 Å². The zero-order valence-electron chi connectivity index (χ0n) is 10.3. The Kier molecular flexibility index (Phi) is 3.22. The number of nitrogens with one attached hydrogen (secondary N) is 2. The van der Waals surface area contributed by atoms with Gasteiger partial charge in [-0.05, 0) is 29.0 Å². The minimum absolute atomic E-state index is 0.185. The number of nitrogens with zero attached hydrogens (tertiary/aromatic N) is 1. The smallest absolute Gasteiger partial charge is 0.264 e. The highest BCUT2D eigenvalue weighted by molar-refractivity contribution is 7.08. The number of thiophene rings is 1. The topological polar surface area (TPSA) is 78.0 Å². The summed E-state index contributed by atoms with van der Waals surface area (Å²) in [6.45, 7) is 0. The van der Waals surface area contributed by atoms with E-state index in [2.05, 4.69) is 15.3 Å². The van der Waals surface area contributed by atoms with Crippen LogP contribution in [0.3, 0.4) is 0 Å². The van der Waals surface area contributed by atoms with Crippen molar-refractivity contribution in [3.8, 4) is 17.0 Å². The number of para-hydroxylation sites is 1. The molecule has 0 aliphatic rings. The summed E-state index contributed by atoms with van der Waals surface area (Å²) >= 11 is 1.45. The van der Waals surface area contributed by atoms with Crippen LogP contribution in [0.4, 0.5) is 11.6 Å². The van der Waals surface area contributed by atoms with Crippen LogP contribution in [-0.2, 0) is 0 Å². The number of hydrogen-bond acceptors (Lipinski definition) is 5. The summed E-state index contributed by atoms with van der Waals surface area (Å²) in [5.74, 6) is -0.0803. The molecular weight excluding hydrogens is 274 g/mol. The predicted octanol–water partition coefficient (Wildman–Crippen LogP) is 2.95. The Balaban J connectivity index is 1.99. The maximum absolute atomic E-state index is 12.1. The van der Waals surface area contributed by atoms with Gasteiger partial charge >= 0.3 is 0 Å². The van der Waals surface area contributed by atoms with Crippen molar-refractivity contribution in [1.82, 2.24) is 9.97 Å². The Hall–Kier alpha value is -2.60. The Bertz CT molecular complexity index is 767. The van der Waals surface area contributed by atoms with Crippen molar-refractivity contribution in [1.29, 1.82) is 0 Å². The fourth-order valence-corrected chi connectivity index (χ4v) is 2.49. The molecule has 0 aliphatic heterocycles.